The molecular weight excluding hydrogens is 402 g/mol. The molecule has 7 nitrogen and oxygen atoms in total. The molecule has 0 bridgehead atoms. The Bertz CT molecular complexity index is 1160. The van der Waals surface area contributed by atoms with Crippen molar-refractivity contribution in [1.82, 2.24) is 19.7 Å². The number of carbonyl (C=O) groups is 1. The molecule has 2 aromatic carbocycles. The Labute approximate surface area is 178 Å². The number of carbonyl (C=O) groups excluding carboxylic acids is 1. The third-order valence-corrected chi connectivity index (χ3v) is 4.63. The molecule has 4 rings (SSSR count). The molecule has 0 unspecified atom stereocenters. The first-order valence-corrected chi connectivity index (χ1v) is 9.56. The van der Waals surface area contributed by atoms with Gasteiger partial charge in [-0.25, -0.2) is 0 Å². The van der Waals surface area contributed by atoms with Crippen molar-refractivity contribution in [2.24, 2.45) is 0 Å². The fraction of sp³-hybridized carbons (Fsp3) is 0.0909. The number of hydrogen-bond donors (Lipinski definition) is 1. The van der Waals surface area contributed by atoms with Gasteiger partial charge in [-0.3, -0.25) is 9.78 Å². The van der Waals surface area contributed by atoms with Crippen LogP contribution in [0.1, 0.15) is 15.9 Å². The lowest BCUT2D eigenvalue weighted by Gasteiger charge is -2.08. The van der Waals surface area contributed by atoms with Crippen molar-refractivity contribution in [2.75, 3.05) is 12.4 Å². The fourth-order valence-corrected chi connectivity index (χ4v) is 3.08. The van der Waals surface area contributed by atoms with E-state index in [-0.39, 0.29) is 5.91 Å². The van der Waals surface area contributed by atoms with Gasteiger partial charge < -0.3 is 10.1 Å². The number of hydrogen-bond acceptors (Lipinski definition) is 6. The molecule has 2 heterocycles. The largest absolute Gasteiger partial charge is 0.497 e. The molecule has 150 valence electrons. The van der Waals surface area contributed by atoms with Crippen LogP contribution in [0.15, 0.2) is 73.1 Å². The average Bonchev–Trinajstić information content (AvgIpc) is 3.22. The summed E-state index contributed by atoms with van der Waals surface area (Å²) in [6.45, 7) is 0.432. The summed E-state index contributed by atoms with van der Waals surface area (Å²) in [5.74, 6) is 1.09. The van der Waals surface area contributed by atoms with Crippen LogP contribution in [0.3, 0.4) is 0 Å². The van der Waals surface area contributed by atoms with Gasteiger partial charge in [-0.05, 0) is 54.1 Å². The Morgan fingerprint density at radius 1 is 1.13 bits per heavy atom. The number of nitrogens with zero attached hydrogens (tertiary/aromatic N) is 4. The smallest absolute Gasteiger partial charge is 0.281 e. The highest BCUT2D eigenvalue weighted by Crippen LogP contribution is 2.20. The number of nitrogens with one attached hydrogen (secondary N) is 1. The summed E-state index contributed by atoms with van der Waals surface area (Å²) in [5, 5.41) is 8.25. The maximum atomic E-state index is 13.1. The predicted molar refractivity (Wildman–Crippen MR) is 115 cm³/mol. The molecule has 0 saturated heterocycles. The van der Waals surface area contributed by atoms with Gasteiger partial charge in [0.1, 0.15) is 5.75 Å². The molecule has 0 spiro atoms. The highest BCUT2D eigenvalue weighted by atomic mass is 35.5. The van der Waals surface area contributed by atoms with E-state index in [1.54, 1.807) is 55.9 Å². The molecule has 0 atom stereocenters. The van der Waals surface area contributed by atoms with Crippen LogP contribution >= 0.6 is 11.6 Å². The van der Waals surface area contributed by atoms with E-state index >= 15 is 0 Å². The first-order valence-electron chi connectivity index (χ1n) is 9.18. The van der Waals surface area contributed by atoms with Crippen molar-refractivity contribution in [2.45, 2.75) is 6.54 Å². The van der Waals surface area contributed by atoms with Crippen molar-refractivity contribution in [1.29, 1.82) is 0 Å². The summed E-state index contributed by atoms with van der Waals surface area (Å²) in [5.41, 5.74) is 2.13. The van der Waals surface area contributed by atoms with Crippen molar-refractivity contribution in [3.63, 3.8) is 0 Å². The summed E-state index contributed by atoms with van der Waals surface area (Å²) in [6.07, 6.45) is 3.32. The monoisotopic (exact) mass is 419 g/mol. The molecule has 0 radical (unpaired) electrons. The lowest BCUT2D eigenvalue weighted by molar-refractivity contribution is 0.0947. The predicted octanol–water partition coefficient (Wildman–Crippen LogP) is 4.30. The Balaban J connectivity index is 1.67. The van der Waals surface area contributed by atoms with Gasteiger partial charge in [0.05, 0.1) is 7.11 Å². The minimum absolute atomic E-state index is 0.311. The van der Waals surface area contributed by atoms with E-state index in [1.807, 2.05) is 24.3 Å². The number of pyridine rings is 1. The van der Waals surface area contributed by atoms with Gasteiger partial charge in [0.15, 0.2) is 5.82 Å². The van der Waals surface area contributed by atoms with Gasteiger partial charge in [0.25, 0.3) is 5.91 Å². The summed E-state index contributed by atoms with van der Waals surface area (Å²) in [6, 6.07) is 17.9. The highest BCUT2D eigenvalue weighted by Gasteiger charge is 2.19. The Morgan fingerprint density at radius 2 is 1.97 bits per heavy atom. The van der Waals surface area contributed by atoms with Crippen molar-refractivity contribution < 1.29 is 9.53 Å². The third kappa shape index (κ3) is 4.31. The Morgan fingerprint density at radius 3 is 2.67 bits per heavy atom. The van der Waals surface area contributed by atoms with Crippen LogP contribution in [0.2, 0.25) is 5.02 Å². The maximum absolute atomic E-state index is 13.1. The van der Waals surface area contributed by atoms with E-state index < -0.39 is 0 Å². The van der Waals surface area contributed by atoms with E-state index in [9.17, 15) is 4.79 Å². The normalized spacial score (nSPS) is 10.6. The average molecular weight is 420 g/mol. The molecule has 0 aliphatic carbocycles. The standard InChI is InChI=1S/C22H18ClN5O2/c1-30-19-9-7-16(8-10-19)21(29)28-22(25-13-15-4-2-6-18(23)12-15)26-20(27-28)17-5-3-11-24-14-17/h2-12,14H,13H2,1H3,(H,25,26,27). The molecule has 30 heavy (non-hydrogen) atoms. The van der Waals surface area contributed by atoms with Crippen LogP contribution in [0.5, 0.6) is 5.75 Å². The molecule has 1 N–H and O–H groups in total. The summed E-state index contributed by atoms with van der Waals surface area (Å²) >= 11 is 6.06. The van der Waals surface area contributed by atoms with E-state index in [0.717, 1.165) is 5.56 Å². The van der Waals surface area contributed by atoms with Gasteiger partial charge in [0, 0.05) is 35.1 Å². The van der Waals surface area contributed by atoms with E-state index in [4.69, 9.17) is 16.3 Å². The Hall–Kier alpha value is -3.71. The topological polar surface area (TPSA) is 81.9 Å². The minimum atomic E-state index is -0.311. The number of halogens is 1. The lowest BCUT2D eigenvalue weighted by atomic mass is 10.2. The van der Waals surface area contributed by atoms with E-state index in [1.165, 1.54) is 4.68 Å². The quantitative estimate of drug-likeness (QED) is 0.501. The summed E-state index contributed by atoms with van der Waals surface area (Å²) < 4.78 is 6.42. The molecular formula is C22H18ClN5O2. The van der Waals surface area contributed by atoms with Crippen LogP contribution in [0, 0.1) is 0 Å². The minimum Gasteiger partial charge on any atom is -0.497 e. The number of benzene rings is 2. The van der Waals surface area contributed by atoms with Gasteiger partial charge in [-0.1, -0.05) is 23.7 Å². The van der Waals surface area contributed by atoms with Gasteiger partial charge in [0.2, 0.25) is 5.95 Å². The number of ether oxygens (including phenoxy) is 1. The second kappa shape index (κ2) is 8.75. The van der Waals surface area contributed by atoms with Crippen molar-refractivity contribution in [3.8, 4) is 17.1 Å². The van der Waals surface area contributed by atoms with E-state index in [0.29, 0.717) is 40.2 Å². The summed E-state index contributed by atoms with van der Waals surface area (Å²) in [4.78, 5) is 21.7. The van der Waals surface area contributed by atoms with Crippen molar-refractivity contribution in [3.05, 3.63) is 89.2 Å². The third-order valence-electron chi connectivity index (χ3n) is 4.40. The number of rotatable bonds is 6. The first-order chi connectivity index (χ1) is 14.6. The molecule has 0 saturated carbocycles. The zero-order valence-corrected chi connectivity index (χ0v) is 16.9. The molecule has 0 aliphatic heterocycles. The van der Waals surface area contributed by atoms with Crippen LogP contribution in [0.25, 0.3) is 11.4 Å². The molecule has 8 heteroatoms. The van der Waals surface area contributed by atoms with Crippen LogP contribution < -0.4 is 10.1 Å². The van der Waals surface area contributed by atoms with Gasteiger partial charge >= 0.3 is 0 Å². The van der Waals surface area contributed by atoms with Gasteiger partial charge in [-0.2, -0.15) is 9.67 Å². The molecule has 0 aliphatic rings. The SMILES string of the molecule is COc1ccc(C(=O)n2nc(-c3cccnc3)nc2NCc2cccc(Cl)c2)cc1. The zero-order valence-electron chi connectivity index (χ0n) is 16.1. The van der Waals surface area contributed by atoms with Crippen LogP contribution in [-0.4, -0.2) is 32.8 Å². The first kappa shape index (κ1) is 19.6. The zero-order chi connectivity index (χ0) is 20.9. The lowest BCUT2D eigenvalue weighted by Crippen LogP contribution is -2.17. The molecule has 0 amide bonds. The molecule has 2 aromatic heterocycles. The number of anilines is 1. The molecule has 4 aromatic rings. The maximum Gasteiger partial charge on any atom is 0.281 e. The second-order valence-electron chi connectivity index (χ2n) is 6.43. The fourth-order valence-electron chi connectivity index (χ4n) is 2.87. The van der Waals surface area contributed by atoms with Crippen LogP contribution in [0.4, 0.5) is 5.95 Å². The number of methoxy groups -OCH3 is 1. The number of aromatic nitrogens is 4. The highest BCUT2D eigenvalue weighted by molar-refractivity contribution is 6.30. The summed E-state index contributed by atoms with van der Waals surface area (Å²) in [7, 11) is 1.58. The van der Waals surface area contributed by atoms with Gasteiger partial charge in [-0.15, -0.1) is 5.10 Å². The Kier molecular flexibility index (Phi) is 5.72. The second-order valence-corrected chi connectivity index (χ2v) is 6.87. The van der Waals surface area contributed by atoms with Crippen molar-refractivity contribution >= 4 is 23.5 Å². The molecule has 0 fully saturated rings. The van der Waals surface area contributed by atoms with Crippen LogP contribution in [-0.2, 0) is 6.54 Å². The van der Waals surface area contributed by atoms with E-state index in [2.05, 4.69) is 20.4 Å².